The largest absolute Gasteiger partial charge is 0.450 e. The van der Waals surface area contributed by atoms with Gasteiger partial charge in [-0.15, -0.1) is 0 Å². The number of hydrogen-bond donors (Lipinski definition) is 1. The molecule has 2 N–H and O–H groups in total. The maximum atomic E-state index is 12.6. The molecule has 308 valence electrons. The zero-order chi connectivity index (χ0) is 41.4. The first-order chi connectivity index (χ1) is 29.2. The Bertz CT molecular complexity index is 2400. The van der Waals surface area contributed by atoms with Gasteiger partial charge in [0.05, 0.1) is 30.9 Å². The number of amidine groups is 1. The van der Waals surface area contributed by atoms with Crippen LogP contribution in [0, 0.1) is 0 Å². The van der Waals surface area contributed by atoms with E-state index in [1.54, 1.807) is 4.90 Å². The lowest BCUT2D eigenvalue weighted by atomic mass is 9.98. The molecule has 0 bridgehead atoms. The number of rotatable bonds is 5. The van der Waals surface area contributed by atoms with Crippen LogP contribution in [0.4, 0.5) is 10.5 Å². The number of amides is 3. The molecule has 1 spiro atoms. The second kappa shape index (κ2) is 16.5. The number of ether oxygens (including phenoxy) is 1. The molecule has 10 rings (SSSR count). The monoisotopic (exact) mass is 802 g/mol. The van der Waals surface area contributed by atoms with E-state index in [0.29, 0.717) is 18.8 Å². The number of anilines is 1. The van der Waals surface area contributed by atoms with Gasteiger partial charge in [0, 0.05) is 56.0 Å². The van der Waals surface area contributed by atoms with E-state index in [4.69, 9.17) is 15.5 Å². The topological polar surface area (TPSA) is 112 Å². The summed E-state index contributed by atoms with van der Waals surface area (Å²) in [5, 5.41) is 0. The molecule has 3 amide bonds. The van der Waals surface area contributed by atoms with Crippen molar-refractivity contribution in [1.82, 2.24) is 14.7 Å². The molecule has 1 saturated carbocycles. The summed E-state index contributed by atoms with van der Waals surface area (Å²) in [4.78, 5) is 50.5. The molecule has 4 aromatic carbocycles. The van der Waals surface area contributed by atoms with Crippen molar-refractivity contribution in [3.05, 3.63) is 124 Å². The SMILES string of the molecule is CC1=Cc2ccc(-c3ccc(C(=O)N4CCCC4)cc3)cc2N2CCN=C2C1.CCOC(=O)N1Cc2ccc(-c3ccc(C(=O)N4CCCC4)cc3)cc2C=C(N)C12CC2. The molecule has 4 aromatic rings. The summed E-state index contributed by atoms with van der Waals surface area (Å²) in [7, 11) is 0. The van der Waals surface area contributed by atoms with Gasteiger partial charge in [0.1, 0.15) is 5.84 Å². The fraction of sp³-hybridized carbons (Fsp3) is 0.360. The lowest BCUT2D eigenvalue weighted by Crippen LogP contribution is -2.44. The Morgan fingerprint density at radius 3 is 1.85 bits per heavy atom. The third-order valence-electron chi connectivity index (χ3n) is 12.9. The normalized spacial score (nSPS) is 18.5. The van der Waals surface area contributed by atoms with Crippen molar-refractivity contribution in [2.75, 3.05) is 50.8 Å². The average molecular weight is 803 g/mol. The second-order valence-electron chi connectivity index (χ2n) is 16.9. The molecule has 6 aliphatic rings. The number of fused-ring (bicyclic) bond motifs is 4. The van der Waals surface area contributed by atoms with Gasteiger partial charge in [-0.05, 0) is 134 Å². The Morgan fingerprint density at radius 1 is 0.700 bits per heavy atom. The standard InChI is InChI=1S/C26H29N3O3.C24H25N3O/c1-2-32-25(31)29-17-21-10-9-20(15-22(21)16-23(27)26(29)11-12-26)18-5-7-19(8-6-18)24(30)28-13-3-4-14-28;1-17-14-21-9-8-20(16-22(21)27-13-10-25-23(27)15-17)18-4-6-19(7-5-18)24(28)26-11-2-3-12-26/h5-10,15-16H,2-4,11-14,17,27H2,1H3;4-9,14,16H,2-3,10-13,15H2,1H3. The second-order valence-corrected chi connectivity index (χ2v) is 16.9. The van der Waals surface area contributed by atoms with E-state index in [-0.39, 0.29) is 17.9 Å². The van der Waals surface area contributed by atoms with Gasteiger partial charge in [-0.3, -0.25) is 19.5 Å². The molecule has 0 aromatic heterocycles. The Kier molecular flexibility index (Phi) is 10.8. The predicted octanol–water partition coefficient (Wildman–Crippen LogP) is 9.01. The van der Waals surface area contributed by atoms with Crippen molar-refractivity contribution in [2.24, 2.45) is 10.7 Å². The van der Waals surface area contributed by atoms with Crippen LogP contribution in [0.15, 0.2) is 101 Å². The number of likely N-dealkylation sites (tertiary alicyclic amines) is 2. The highest BCUT2D eigenvalue weighted by atomic mass is 16.6. The molecule has 2 saturated heterocycles. The highest BCUT2D eigenvalue weighted by molar-refractivity contribution is 6.05. The van der Waals surface area contributed by atoms with Crippen LogP contribution in [0.25, 0.3) is 34.4 Å². The van der Waals surface area contributed by atoms with Crippen LogP contribution in [0.5, 0.6) is 0 Å². The third-order valence-corrected chi connectivity index (χ3v) is 12.9. The van der Waals surface area contributed by atoms with E-state index in [9.17, 15) is 14.4 Å². The van der Waals surface area contributed by atoms with Crippen LogP contribution in [0.3, 0.4) is 0 Å². The van der Waals surface area contributed by atoms with Crippen LogP contribution < -0.4 is 10.6 Å². The fourth-order valence-electron chi connectivity index (χ4n) is 9.32. The van der Waals surface area contributed by atoms with Gasteiger partial charge in [-0.1, -0.05) is 60.2 Å². The fourth-order valence-corrected chi connectivity index (χ4v) is 9.32. The smallest absolute Gasteiger partial charge is 0.410 e. The summed E-state index contributed by atoms with van der Waals surface area (Å²) in [6.07, 6.45) is 11.0. The quantitative estimate of drug-likeness (QED) is 0.216. The molecule has 0 radical (unpaired) electrons. The van der Waals surface area contributed by atoms with Crippen LogP contribution in [0.1, 0.15) is 96.2 Å². The number of benzene rings is 4. The minimum atomic E-state index is -0.414. The minimum Gasteiger partial charge on any atom is -0.450 e. The molecule has 0 atom stereocenters. The molecule has 60 heavy (non-hydrogen) atoms. The van der Waals surface area contributed by atoms with Crippen LogP contribution in [-0.2, 0) is 11.3 Å². The van der Waals surface area contributed by atoms with Crippen molar-refractivity contribution in [1.29, 1.82) is 0 Å². The summed E-state index contributed by atoms with van der Waals surface area (Å²) < 4.78 is 5.31. The first-order valence-electron chi connectivity index (χ1n) is 21.7. The average Bonchev–Trinajstić information content (AvgIpc) is 3.61. The van der Waals surface area contributed by atoms with Gasteiger partial charge in [-0.25, -0.2) is 4.79 Å². The maximum absolute atomic E-state index is 12.6. The van der Waals surface area contributed by atoms with E-state index in [2.05, 4.69) is 66.4 Å². The Balaban J connectivity index is 0.000000155. The van der Waals surface area contributed by atoms with Crippen molar-refractivity contribution in [2.45, 2.75) is 70.9 Å². The summed E-state index contributed by atoms with van der Waals surface area (Å²) in [6.45, 7) is 10.1. The van der Waals surface area contributed by atoms with Crippen molar-refractivity contribution in [3.8, 4) is 22.3 Å². The summed E-state index contributed by atoms with van der Waals surface area (Å²) in [6, 6.07) is 28.8. The number of carbonyl (C=O) groups is 3. The highest BCUT2D eigenvalue weighted by Crippen LogP contribution is 2.49. The van der Waals surface area contributed by atoms with Gasteiger partial charge < -0.3 is 25.2 Å². The molecule has 0 unspecified atom stereocenters. The lowest BCUT2D eigenvalue weighted by molar-refractivity contribution is 0.0785. The number of carbonyl (C=O) groups excluding carboxylic acids is 3. The van der Waals surface area contributed by atoms with Crippen LogP contribution in [-0.4, -0.2) is 89.9 Å². The molecule has 5 heterocycles. The third kappa shape index (κ3) is 7.71. The van der Waals surface area contributed by atoms with Crippen molar-refractivity contribution < 1.29 is 19.1 Å². The molecular weight excluding hydrogens is 749 g/mol. The molecule has 1 aliphatic carbocycles. The minimum absolute atomic E-state index is 0.112. The van der Waals surface area contributed by atoms with Gasteiger partial charge in [0.2, 0.25) is 0 Å². The van der Waals surface area contributed by atoms with E-state index in [1.807, 2.05) is 59.2 Å². The Morgan fingerprint density at radius 2 is 1.27 bits per heavy atom. The highest BCUT2D eigenvalue weighted by Gasteiger charge is 2.54. The number of hydrogen-bond acceptors (Lipinski definition) is 7. The molecule has 10 heteroatoms. The summed E-state index contributed by atoms with van der Waals surface area (Å²) in [5.41, 5.74) is 18.6. The molecule has 3 fully saturated rings. The van der Waals surface area contributed by atoms with Crippen molar-refractivity contribution >= 4 is 41.6 Å². The van der Waals surface area contributed by atoms with Crippen molar-refractivity contribution in [3.63, 3.8) is 0 Å². The number of nitrogens with two attached hydrogens (primary N) is 1. The van der Waals surface area contributed by atoms with Gasteiger partial charge in [-0.2, -0.15) is 0 Å². The molecule has 10 nitrogen and oxygen atoms in total. The molecular formula is C50H54N6O4. The van der Waals surface area contributed by atoms with Crippen LogP contribution >= 0.6 is 0 Å². The Labute approximate surface area is 353 Å². The predicted molar refractivity (Wildman–Crippen MR) is 239 cm³/mol. The number of aliphatic imine (C=N–C) groups is 1. The van der Waals surface area contributed by atoms with Gasteiger partial charge in [0.25, 0.3) is 11.8 Å². The van der Waals surface area contributed by atoms with E-state index >= 15 is 0 Å². The van der Waals surface area contributed by atoms with Crippen LogP contribution in [0.2, 0.25) is 0 Å². The first kappa shape index (κ1) is 39.3. The Hall–Kier alpha value is -6.16. The maximum Gasteiger partial charge on any atom is 0.410 e. The number of nitrogens with zero attached hydrogens (tertiary/aromatic N) is 5. The zero-order valence-corrected chi connectivity index (χ0v) is 34.8. The van der Waals surface area contributed by atoms with E-state index < -0.39 is 5.54 Å². The van der Waals surface area contributed by atoms with Gasteiger partial charge in [0.15, 0.2) is 0 Å². The first-order valence-corrected chi connectivity index (χ1v) is 21.7. The zero-order valence-electron chi connectivity index (χ0n) is 34.8. The van der Waals surface area contributed by atoms with E-state index in [1.165, 1.54) is 28.2 Å². The molecule has 5 aliphatic heterocycles. The lowest BCUT2D eigenvalue weighted by Gasteiger charge is -2.30. The summed E-state index contributed by atoms with van der Waals surface area (Å²) >= 11 is 0. The van der Waals surface area contributed by atoms with E-state index in [0.717, 1.165) is 123 Å². The summed E-state index contributed by atoms with van der Waals surface area (Å²) in [5.74, 6) is 1.45. The van der Waals surface area contributed by atoms with Gasteiger partial charge >= 0.3 is 6.09 Å².